The molecule has 1 aromatic rings. The van der Waals surface area contributed by atoms with E-state index in [-0.39, 0.29) is 12.3 Å². The van der Waals surface area contributed by atoms with Crippen molar-refractivity contribution in [2.45, 2.75) is 25.7 Å². The summed E-state index contributed by atoms with van der Waals surface area (Å²) >= 11 is 0. The van der Waals surface area contributed by atoms with Crippen LogP contribution >= 0.6 is 0 Å². The van der Waals surface area contributed by atoms with Gasteiger partial charge in [-0.15, -0.1) is 0 Å². The second-order valence-electron chi connectivity index (χ2n) is 3.27. The maximum absolute atomic E-state index is 11.1. The molecule has 0 aromatic carbocycles. The van der Waals surface area contributed by atoms with Crippen molar-refractivity contribution in [3.8, 4) is 0 Å². The van der Waals surface area contributed by atoms with Crippen LogP contribution in [0, 0.1) is 0 Å². The molecule has 0 saturated heterocycles. The topological polar surface area (TPSA) is 66.0 Å². The highest BCUT2D eigenvalue weighted by Gasteiger charge is 2.16. The number of rotatable bonds is 2. The minimum absolute atomic E-state index is 0.0584. The van der Waals surface area contributed by atoms with E-state index >= 15 is 0 Å². The fourth-order valence-corrected chi connectivity index (χ4v) is 1.86. The molecule has 4 heteroatoms. The zero-order chi connectivity index (χ0) is 9.26. The lowest BCUT2D eigenvalue weighted by Crippen LogP contribution is -2.17. The molecular weight excluding hydrogens is 168 g/mol. The van der Waals surface area contributed by atoms with Gasteiger partial charge in [0.15, 0.2) is 0 Å². The van der Waals surface area contributed by atoms with Crippen molar-refractivity contribution >= 4 is 0 Å². The van der Waals surface area contributed by atoms with Crippen molar-refractivity contribution in [1.82, 2.24) is 9.97 Å². The fraction of sp³-hybridized carbons (Fsp3) is 0.556. The summed E-state index contributed by atoms with van der Waals surface area (Å²) in [4.78, 5) is 17.7. The molecule has 0 amide bonds. The smallest absolute Gasteiger partial charge is 0.345 e. The number of nitrogens with one attached hydrogen (secondary N) is 1. The third-order valence-corrected chi connectivity index (χ3v) is 2.41. The molecule has 0 atom stereocenters. The number of aromatic amines is 1. The van der Waals surface area contributed by atoms with Crippen molar-refractivity contribution in [2.75, 3.05) is 6.61 Å². The lowest BCUT2D eigenvalue weighted by Gasteiger charge is -2.03. The molecule has 0 aliphatic heterocycles. The number of hydrogen-bond acceptors (Lipinski definition) is 3. The number of aromatic nitrogens is 2. The Hall–Kier alpha value is -1.16. The summed E-state index contributed by atoms with van der Waals surface area (Å²) < 4.78 is 0. The normalized spacial score (nSPS) is 14.5. The molecule has 1 heterocycles. The van der Waals surface area contributed by atoms with Gasteiger partial charge in [-0.25, -0.2) is 4.79 Å². The zero-order valence-electron chi connectivity index (χ0n) is 7.34. The van der Waals surface area contributed by atoms with Gasteiger partial charge in [0.05, 0.1) is 5.69 Å². The van der Waals surface area contributed by atoms with E-state index in [4.69, 9.17) is 5.11 Å². The average Bonchev–Trinajstić information content (AvgIpc) is 2.52. The number of H-pyrrole nitrogens is 1. The molecule has 70 valence electrons. The second kappa shape index (κ2) is 3.30. The molecule has 2 rings (SSSR count). The van der Waals surface area contributed by atoms with Crippen LogP contribution in [-0.2, 0) is 19.3 Å². The third-order valence-electron chi connectivity index (χ3n) is 2.41. The van der Waals surface area contributed by atoms with Crippen molar-refractivity contribution in [3.63, 3.8) is 0 Å². The Bertz CT molecular complexity index is 370. The number of aryl methyl sites for hydroxylation is 1. The van der Waals surface area contributed by atoms with E-state index in [1.807, 2.05) is 0 Å². The van der Waals surface area contributed by atoms with Crippen LogP contribution in [0.5, 0.6) is 0 Å². The quantitative estimate of drug-likeness (QED) is 0.662. The lowest BCUT2D eigenvalue weighted by atomic mass is 10.1. The highest BCUT2D eigenvalue weighted by Crippen LogP contribution is 2.20. The first-order valence-corrected chi connectivity index (χ1v) is 4.53. The van der Waals surface area contributed by atoms with E-state index in [0.717, 1.165) is 36.2 Å². The molecule has 4 nitrogen and oxygen atoms in total. The molecule has 0 saturated carbocycles. The molecule has 1 aliphatic carbocycles. The molecule has 0 radical (unpaired) electrons. The molecule has 13 heavy (non-hydrogen) atoms. The van der Waals surface area contributed by atoms with Gasteiger partial charge >= 0.3 is 5.69 Å². The van der Waals surface area contributed by atoms with Gasteiger partial charge in [0.2, 0.25) is 0 Å². The van der Waals surface area contributed by atoms with Gasteiger partial charge in [-0.1, -0.05) is 0 Å². The second-order valence-corrected chi connectivity index (χ2v) is 3.27. The van der Waals surface area contributed by atoms with E-state index in [1.165, 1.54) is 0 Å². The molecule has 2 N–H and O–H groups in total. The Balaban J connectivity index is 2.49. The standard InChI is InChI=1S/C9H12N2O2/c12-5-4-8-6-2-1-3-7(6)10-9(13)11-8/h12H,1-5H2,(H,10,11,13). The molecule has 0 spiro atoms. The molecular formula is C9H12N2O2. The van der Waals surface area contributed by atoms with Crippen LogP contribution in [-0.4, -0.2) is 21.7 Å². The number of aliphatic hydroxyl groups is 1. The van der Waals surface area contributed by atoms with E-state index in [9.17, 15) is 4.79 Å². The Morgan fingerprint density at radius 3 is 3.08 bits per heavy atom. The SMILES string of the molecule is O=c1nc(CCO)c2c([nH]1)CCC2. The summed E-state index contributed by atoms with van der Waals surface area (Å²) in [5.41, 5.74) is 2.65. The largest absolute Gasteiger partial charge is 0.396 e. The van der Waals surface area contributed by atoms with Gasteiger partial charge in [0.1, 0.15) is 0 Å². The van der Waals surface area contributed by atoms with Crippen molar-refractivity contribution < 1.29 is 5.11 Å². The van der Waals surface area contributed by atoms with E-state index < -0.39 is 0 Å². The predicted octanol–water partition coefficient (Wildman–Crippen LogP) is -0.207. The number of aliphatic hydroxyl groups excluding tert-OH is 1. The van der Waals surface area contributed by atoms with Crippen LogP contribution < -0.4 is 5.69 Å². The van der Waals surface area contributed by atoms with Crippen molar-refractivity contribution in [1.29, 1.82) is 0 Å². The first kappa shape index (κ1) is 8.44. The predicted molar refractivity (Wildman–Crippen MR) is 47.7 cm³/mol. The van der Waals surface area contributed by atoms with Crippen LogP contribution in [0.15, 0.2) is 4.79 Å². The fourth-order valence-electron chi connectivity index (χ4n) is 1.86. The molecule has 0 unspecified atom stereocenters. The molecule has 0 fully saturated rings. The van der Waals surface area contributed by atoms with Gasteiger partial charge in [-0.2, -0.15) is 4.98 Å². The summed E-state index contributed by atoms with van der Waals surface area (Å²) in [5, 5.41) is 8.79. The monoisotopic (exact) mass is 180 g/mol. The zero-order valence-corrected chi connectivity index (χ0v) is 7.34. The van der Waals surface area contributed by atoms with Crippen molar-refractivity contribution in [2.24, 2.45) is 0 Å². The van der Waals surface area contributed by atoms with Crippen LogP contribution in [0.2, 0.25) is 0 Å². The maximum Gasteiger partial charge on any atom is 0.345 e. The van der Waals surface area contributed by atoms with Gasteiger partial charge in [0, 0.05) is 18.7 Å². The van der Waals surface area contributed by atoms with Crippen LogP contribution in [0.4, 0.5) is 0 Å². The molecule has 1 aromatic heterocycles. The van der Waals surface area contributed by atoms with Crippen molar-refractivity contribution in [3.05, 3.63) is 27.4 Å². The maximum atomic E-state index is 11.1. The van der Waals surface area contributed by atoms with Crippen LogP contribution in [0.3, 0.4) is 0 Å². The van der Waals surface area contributed by atoms with Gasteiger partial charge in [-0.05, 0) is 24.8 Å². The minimum Gasteiger partial charge on any atom is -0.396 e. The van der Waals surface area contributed by atoms with E-state index in [1.54, 1.807) is 0 Å². The summed E-state index contributed by atoms with van der Waals surface area (Å²) in [6.07, 6.45) is 3.49. The van der Waals surface area contributed by atoms with Gasteiger partial charge < -0.3 is 10.1 Å². The minimum atomic E-state index is -0.288. The van der Waals surface area contributed by atoms with E-state index in [2.05, 4.69) is 9.97 Å². The van der Waals surface area contributed by atoms with Crippen LogP contribution in [0.25, 0.3) is 0 Å². The van der Waals surface area contributed by atoms with Crippen LogP contribution in [0.1, 0.15) is 23.4 Å². The van der Waals surface area contributed by atoms with E-state index in [0.29, 0.717) is 6.42 Å². The Kier molecular flexibility index (Phi) is 2.14. The highest BCUT2D eigenvalue weighted by molar-refractivity contribution is 5.28. The third kappa shape index (κ3) is 1.49. The molecule has 0 bridgehead atoms. The first-order chi connectivity index (χ1) is 6.31. The summed E-state index contributed by atoms with van der Waals surface area (Å²) in [6.45, 7) is 0.0584. The Morgan fingerprint density at radius 2 is 2.31 bits per heavy atom. The average molecular weight is 180 g/mol. The molecule has 1 aliphatic rings. The number of hydrogen-bond donors (Lipinski definition) is 2. The van der Waals surface area contributed by atoms with Gasteiger partial charge in [0.25, 0.3) is 0 Å². The van der Waals surface area contributed by atoms with Gasteiger partial charge in [-0.3, -0.25) is 0 Å². The first-order valence-electron chi connectivity index (χ1n) is 4.53. The highest BCUT2D eigenvalue weighted by atomic mass is 16.3. The number of fused-ring (bicyclic) bond motifs is 1. The Morgan fingerprint density at radius 1 is 1.46 bits per heavy atom. The summed E-state index contributed by atoms with van der Waals surface area (Å²) in [7, 11) is 0. The summed E-state index contributed by atoms with van der Waals surface area (Å²) in [6, 6.07) is 0. The summed E-state index contributed by atoms with van der Waals surface area (Å²) in [5.74, 6) is 0. The lowest BCUT2D eigenvalue weighted by molar-refractivity contribution is 0.297. The Labute approximate surface area is 75.6 Å². The number of nitrogens with zero attached hydrogens (tertiary/aromatic N) is 1.